The van der Waals surface area contributed by atoms with E-state index >= 15 is 0 Å². The number of likely N-dealkylation sites (tertiary alicyclic amines) is 1. The number of amides is 2. The van der Waals surface area contributed by atoms with Gasteiger partial charge in [-0.3, -0.25) is 9.59 Å². The molecule has 2 amide bonds. The van der Waals surface area contributed by atoms with Crippen LogP contribution in [0.2, 0.25) is 0 Å². The van der Waals surface area contributed by atoms with Gasteiger partial charge in [0.25, 0.3) is 0 Å². The second kappa shape index (κ2) is 5.35. The quantitative estimate of drug-likeness (QED) is 0.788. The van der Waals surface area contributed by atoms with Crippen molar-refractivity contribution in [1.82, 2.24) is 15.5 Å². The fourth-order valence-electron chi connectivity index (χ4n) is 3.81. The Morgan fingerprint density at radius 3 is 2.90 bits per heavy atom. The Labute approximate surface area is 120 Å². The van der Waals surface area contributed by atoms with E-state index in [2.05, 4.69) is 10.6 Å². The zero-order valence-electron chi connectivity index (χ0n) is 12.3. The van der Waals surface area contributed by atoms with Crippen molar-refractivity contribution < 1.29 is 9.59 Å². The molecule has 0 aromatic carbocycles. The maximum Gasteiger partial charge on any atom is 0.223 e. The number of carbonyl (C=O) groups is 2. The summed E-state index contributed by atoms with van der Waals surface area (Å²) in [5.41, 5.74) is 0.290. The third kappa shape index (κ3) is 2.68. The summed E-state index contributed by atoms with van der Waals surface area (Å²) in [5.74, 6) is 0.639. The first kappa shape index (κ1) is 13.9. The molecule has 1 aliphatic carbocycles. The number of carbonyl (C=O) groups excluding carboxylic acids is 2. The van der Waals surface area contributed by atoms with E-state index in [9.17, 15) is 9.59 Å². The van der Waals surface area contributed by atoms with Crippen LogP contribution in [0.1, 0.15) is 39.0 Å². The Bertz CT molecular complexity index is 404. The summed E-state index contributed by atoms with van der Waals surface area (Å²) in [6.07, 6.45) is 4.93. The third-order valence-electron chi connectivity index (χ3n) is 5.16. The average Bonchev–Trinajstić information content (AvgIpc) is 2.96. The molecule has 5 nitrogen and oxygen atoms in total. The van der Waals surface area contributed by atoms with Crippen molar-refractivity contribution in [3.05, 3.63) is 0 Å². The van der Waals surface area contributed by atoms with Gasteiger partial charge < -0.3 is 15.5 Å². The van der Waals surface area contributed by atoms with Crippen LogP contribution in [0.4, 0.5) is 0 Å². The van der Waals surface area contributed by atoms with Crippen LogP contribution in [0, 0.1) is 11.3 Å². The number of nitrogens with one attached hydrogen (secondary N) is 2. The molecule has 1 saturated carbocycles. The van der Waals surface area contributed by atoms with E-state index in [1.807, 2.05) is 11.8 Å². The van der Waals surface area contributed by atoms with Crippen molar-refractivity contribution >= 4 is 11.8 Å². The SMILES string of the molecule is CC(CN1CCCC1=O)NC(=O)C1CC12CCNCC2. The van der Waals surface area contributed by atoms with Crippen LogP contribution in [-0.2, 0) is 9.59 Å². The van der Waals surface area contributed by atoms with Crippen molar-refractivity contribution in [1.29, 1.82) is 0 Å². The normalized spacial score (nSPS) is 29.6. The van der Waals surface area contributed by atoms with E-state index in [4.69, 9.17) is 0 Å². The second-order valence-corrected chi connectivity index (χ2v) is 6.72. The lowest BCUT2D eigenvalue weighted by atomic mass is 9.91. The molecule has 1 spiro atoms. The van der Waals surface area contributed by atoms with E-state index in [0.29, 0.717) is 18.4 Å². The Balaban J connectivity index is 1.46. The van der Waals surface area contributed by atoms with Crippen LogP contribution < -0.4 is 10.6 Å². The van der Waals surface area contributed by atoms with Gasteiger partial charge in [-0.25, -0.2) is 0 Å². The molecule has 2 N–H and O–H groups in total. The maximum absolute atomic E-state index is 12.3. The van der Waals surface area contributed by atoms with Crippen LogP contribution in [0.3, 0.4) is 0 Å². The molecule has 3 aliphatic rings. The second-order valence-electron chi connectivity index (χ2n) is 6.72. The lowest BCUT2D eigenvalue weighted by Crippen LogP contribution is -2.44. The maximum atomic E-state index is 12.3. The molecule has 3 fully saturated rings. The molecule has 2 heterocycles. The average molecular weight is 279 g/mol. The molecule has 20 heavy (non-hydrogen) atoms. The molecule has 5 heteroatoms. The summed E-state index contributed by atoms with van der Waals surface area (Å²) in [5, 5.41) is 6.47. The summed E-state index contributed by atoms with van der Waals surface area (Å²) in [7, 11) is 0. The predicted octanol–water partition coefficient (Wildman–Crippen LogP) is 0.503. The third-order valence-corrected chi connectivity index (χ3v) is 5.16. The van der Waals surface area contributed by atoms with E-state index in [1.165, 1.54) is 0 Å². The molecule has 2 saturated heterocycles. The van der Waals surface area contributed by atoms with Crippen molar-refractivity contribution in [2.24, 2.45) is 11.3 Å². The summed E-state index contributed by atoms with van der Waals surface area (Å²) in [6.45, 7) is 5.59. The lowest BCUT2D eigenvalue weighted by molar-refractivity contribution is -0.129. The topological polar surface area (TPSA) is 61.4 Å². The number of hydrogen-bond donors (Lipinski definition) is 2. The van der Waals surface area contributed by atoms with Crippen molar-refractivity contribution in [3.63, 3.8) is 0 Å². The van der Waals surface area contributed by atoms with Gasteiger partial charge in [-0.05, 0) is 51.1 Å². The molecular weight excluding hydrogens is 254 g/mol. The molecule has 0 aromatic heterocycles. The monoisotopic (exact) mass is 279 g/mol. The van der Waals surface area contributed by atoms with Crippen LogP contribution in [0.25, 0.3) is 0 Å². The Kier molecular flexibility index (Phi) is 3.71. The van der Waals surface area contributed by atoms with E-state index in [0.717, 1.165) is 45.3 Å². The van der Waals surface area contributed by atoms with Gasteiger partial charge in [0.2, 0.25) is 11.8 Å². The first-order valence-corrected chi connectivity index (χ1v) is 7.90. The van der Waals surface area contributed by atoms with E-state index in [-0.39, 0.29) is 23.8 Å². The zero-order chi connectivity index (χ0) is 14.2. The van der Waals surface area contributed by atoms with E-state index in [1.54, 1.807) is 0 Å². The standard InChI is InChI=1S/C15H25N3O2/c1-11(10-18-8-2-3-13(18)19)17-14(20)12-9-15(12)4-6-16-7-5-15/h11-12,16H,2-10H2,1H3,(H,17,20). The molecular formula is C15H25N3O2. The molecule has 0 aromatic rings. The number of hydrogen-bond acceptors (Lipinski definition) is 3. The van der Waals surface area contributed by atoms with Gasteiger partial charge in [0.15, 0.2) is 0 Å². The Hall–Kier alpha value is -1.10. The first-order chi connectivity index (χ1) is 9.61. The fraction of sp³-hybridized carbons (Fsp3) is 0.867. The molecule has 112 valence electrons. The summed E-state index contributed by atoms with van der Waals surface area (Å²) in [6, 6.07) is 0.0592. The van der Waals surface area contributed by atoms with Crippen LogP contribution in [0.15, 0.2) is 0 Å². The first-order valence-electron chi connectivity index (χ1n) is 7.90. The fourth-order valence-corrected chi connectivity index (χ4v) is 3.81. The minimum atomic E-state index is 0.0592. The van der Waals surface area contributed by atoms with Crippen molar-refractivity contribution in [2.75, 3.05) is 26.2 Å². The highest BCUT2D eigenvalue weighted by molar-refractivity contribution is 5.83. The highest BCUT2D eigenvalue weighted by Crippen LogP contribution is 2.58. The smallest absolute Gasteiger partial charge is 0.223 e. The lowest BCUT2D eigenvalue weighted by Gasteiger charge is -2.25. The largest absolute Gasteiger partial charge is 0.352 e. The van der Waals surface area contributed by atoms with Gasteiger partial charge in [0.1, 0.15) is 0 Å². The predicted molar refractivity (Wildman–Crippen MR) is 76.1 cm³/mol. The molecule has 2 atom stereocenters. The number of piperidine rings is 1. The van der Waals surface area contributed by atoms with Gasteiger partial charge in [-0.1, -0.05) is 0 Å². The van der Waals surface area contributed by atoms with E-state index < -0.39 is 0 Å². The minimum Gasteiger partial charge on any atom is -0.352 e. The van der Waals surface area contributed by atoms with Crippen LogP contribution >= 0.6 is 0 Å². The highest BCUT2D eigenvalue weighted by atomic mass is 16.2. The molecule has 0 bridgehead atoms. The van der Waals surface area contributed by atoms with Gasteiger partial charge in [-0.2, -0.15) is 0 Å². The number of rotatable bonds is 4. The van der Waals surface area contributed by atoms with Gasteiger partial charge in [0.05, 0.1) is 0 Å². The molecule has 3 rings (SSSR count). The minimum absolute atomic E-state index is 0.0592. The summed E-state index contributed by atoms with van der Waals surface area (Å²) >= 11 is 0. The number of nitrogens with zero attached hydrogens (tertiary/aromatic N) is 1. The van der Waals surface area contributed by atoms with Gasteiger partial charge in [-0.15, -0.1) is 0 Å². The van der Waals surface area contributed by atoms with Gasteiger partial charge >= 0.3 is 0 Å². The van der Waals surface area contributed by atoms with Crippen molar-refractivity contribution in [3.8, 4) is 0 Å². The Morgan fingerprint density at radius 2 is 2.25 bits per heavy atom. The van der Waals surface area contributed by atoms with Crippen LogP contribution in [-0.4, -0.2) is 48.9 Å². The van der Waals surface area contributed by atoms with Gasteiger partial charge in [0, 0.05) is 31.5 Å². The zero-order valence-corrected chi connectivity index (χ0v) is 12.3. The summed E-state index contributed by atoms with van der Waals surface area (Å²) < 4.78 is 0. The van der Waals surface area contributed by atoms with Crippen LogP contribution in [0.5, 0.6) is 0 Å². The van der Waals surface area contributed by atoms with Crippen molar-refractivity contribution in [2.45, 2.75) is 45.1 Å². The highest BCUT2D eigenvalue weighted by Gasteiger charge is 2.57. The summed E-state index contributed by atoms with van der Waals surface area (Å²) in [4.78, 5) is 25.8. The molecule has 2 unspecified atom stereocenters. The molecule has 0 radical (unpaired) electrons. The molecule has 2 aliphatic heterocycles. The Morgan fingerprint density at radius 1 is 1.50 bits per heavy atom.